The molecule has 0 aromatic heterocycles. The van der Waals surface area contributed by atoms with E-state index in [1.165, 1.54) is 16.4 Å². The molecule has 134 valence electrons. The lowest BCUT2D eigenvalue weighted by Gasteiger charge is -2.39. The predicted octanol–water partition coefficient (Wildman–Crippen LogP) is 1.57. The number of nitrogens with zero attached hydrogens (tertiary/aromatic N) is 2. The number of rotatable bonds is 4. The van der Waals surface area contributed by atoms with E-state index in [9.17, 15) is 18.0 Å². The van der Waals surface area contributed by atoms with Crippen molar-refractivity contribution in [3.8, 4) is 0 Å². The van der Waals surface area contributed by atoms with Gasteiger partial charge in [0.2, 0.25) is 10.0 Å². The fourth-order valence-corrected chi connectivity index (χ4v) is 5.78. The predicted molar refractivity (Wildman–Crippen MR) is 90.1 cm³/mol. The summed E-state index contributed by atoms with van der Waals surface area (Å²) < 4.78 is 40.4. The molecule has 0 amide bonds. The summed E-state index contributed by atoms with van der Waals surface area (Å²) in [6, 6.07) is 5.87. The SMILES string of the molecule is O=S(=O)([C@@H]1CCCC[C@@H]1NO)N1CCN(c2ccc(F)cc2)CC1. The Kier molecular flexibility index (Phi) is 5.39. The van der Waals surface area contributed by atoms with Crippen molar-refractivity contribution in [1.29, 1.82) is 0 Å². The molecule has 1 saturated heterocycles. The number of hydrogen-bond donors (Lipinski definition) is 2. The first-order valence-corrected chi connectivity index (χ1v) is 9.92. The van der Waals surface area contributed by atoms with E-state index >= 15 is 0 Å². The lowest BCUT2D eigenvalue weighted by Crippen LogP contribution is -2.55. The molecule has 0 unspecified atom stereocenters. The molecular formula is C16H24FN3O3S. The van der Waals surface area contributed by atoms with Crippen LogP contribution in [0, 0.1) is 5.82 Å². The molecule has 2 N–H and O–H groups in total. The summed E-state index contributed by atoms with van der Waals surface area (Å²) in [5.74, 6) is -0.278. The monoisotopic (exact) mass is 357 g/mol. The largest absolute Gasteiger partial charge is 0.369 e. The second-order valence-electron chi connectivity index (χ2n) is 6.47. The second kappa shape index (κ2) is 7.35. The maximum atomic E-state index is 13.0. The van der Waals surface area contributed by atoms with E-state index < -0.39 is 15.3 Å². The molecule has 2 aliphatic rings. The smallest absolute Gasteiger partial charge is 0.218 e. The molecule has 1 aromatic carbocycles. The Balaban J connectivity index is 1.65. The maximum absolute atomic E-state index is 13.0. The van der Waals surface area contributed by atoms with Gasteiger partial charge in [0, 0.05) is 31.9 Å². The number of halogens is 1. The molecule has 2 atom stereocenters. The van der Waals surface area contributed by atoms with E-state index in [1.54, 1.807) is 12.1 Å². The fourth-order valence-electron chi connectivity index (χ4n) is 3.65. The van der Waals surface area contributed by atoms with Crippen LogP contribution in [-0.2, 0) is 10.0 Å². The van der Waals surface area contributed by atoms with Gasteiger partial charge in [-0.25, -0.2) is 18.3 Å². The van der Waals surface area contributed by atoms with Crippen LogP contribution in [0.4, 0.5) is 10.1 Å². The molecular weight excluding hydrogens is 333 g/mol. The molecule has 2 fully saturated rings. The standard InChI is InChI=1S/C16H24FN3O3S/c17-13-5-7-14(8-6-13)19-9-11-20(12-10-19)24(22,23)16-4-2-1-3-15(16)18-21/h5-8,15-16,18,21H,1-4,9-12H2/t15-,16+/m0/s1. The zero-order valence-corrected chi connectivity index (χ0v) is 14.4. The van der Waals surface area contributed by atoms with Crippen molar-refractivity contribution in [3.05, 3.63) is 30.1 Å². The average molecular weight is 357 g/mol. The third kappa shape index (κ3) is 3.56. The van der Waals surface area contributed by atoms with E-state index in [4.69, 9.17) is 0 Å². The minimum atomic E-state index is -3.43. The highest BCUT2D eigenvalue weighted by atomic mass is 32.2. The van der Waals surface area contributed by atoms with E-state index in [0.29, 0.717) is 39.0 Å². The summed E-state index contributed by atoms with van der Waals surface area (Å²) in [4.78, 5) is 2.06. The topological polar surface area (TPSA) is 72.9 Å². The molecule has 1 aliphatic heterocycles. The Bertz CT molecular complexity index is 645. The van der Waals surface area contributed by atoms with Crippen LogP contribution in [0.3, 0.4) is 0 Å². The summed E-state index contributed by atoms with van der Waals surface area (Å²) in [5, 5.41) is 8.70. The van der Waals surface area contributed by atoms with Crippen LogP contribution in [0.1, 0.15) is 25.7 Å². The highest BCUT2D eigenvalue weighted by Gasteiger charge is 2.40. The number of hydrogen-bond acceptors (Lipinski definition) is 5. The minimum absolute atomic E-state index is 0.278. The van der Waals surface area contributed by atoms with Gasteiger partial charge in [0.1, 0.15) is 5.82 Å². The van der Waals surface area contributed by atoms with Crippen LogP contribution in [-0.4, -0.2) is 55.4 Å². The van der Waals surface area contributed by atoms with E-state index in [2.05, 4.69) is 10.4 Å². The van der Waals surface area contributed by atoms with Crippen LogP contribution < -0.4 is 10.4 Å². The Morgan fingerprint density at radius 2 is 1.67 bits per heavy atom. The van der Waals surface area contributed by atoms with Crippen LogP contribution >= 0.6 is 0 Å². The summed E-state index contributed by atoms with van der Waals surface area (Å²) >= 11 is 0. The number of piperazine rings is 1. The number of nitrogens with one attached hydrogen (secondary N) is 1. The zero-order valence-electron chi connectivity index (χ0n) is 13.6. The molecule has 3 rings (SSSR count). The summed E-state index contributed by atoms with van der Waals surface area (Å²) in [5.41, 5.74) is 3.09. The molecule has 1 saturated carbocycles. The van der Waals surface area contributed by atoms with Crippen molar-refractivity contribution in [3.63, 3.8) is 0 Å². The summed E-state index contributed by atoms with van der Waals surface area (Å²) in [7, 11) is -3.43. The fraction of sp³-hybridized carbons (Fsp3) is 0.625. The molecule has 1 aromatic rings. The highest BCUT2D eigenvalue weighted by Crippen LogP contribution is 2.28. The van der Waals surface area contributed by atoms with Gasteiger partial charge < -0.3 is 10.1 Å². The molecule has 1 heterocycles. The first kappa shape index (κ1) is 17.6. The number of benzene rings is 1. The summed E-state index contributed by atoms with van der Waals surface area (Å²) in [6.45, 7) is 1.98. The van der Waals surface area contributed by atoms with Crippen molar-refractivity contribution in [2.75, 3.05) is 31.1 Å². The van der Waals surface area contributed by atoms with Gasteiger partial charge in [-0.05, 0) is 37.1 Å². The van der Waals surface area contributed by atoms with Crippen molar-refractivity contribution >= 4 is 15.7 Å². The van der Waals surface area contributed by atoms with Gasteiger partial charge in [0.05, 0.1) is 11.3 Å². The van der Waals surface area contributed by atoms with Crippen LogP contribution in [0.25, 0.3) is 0 Å². The molecule has 0 spiro atoms. The van der Waals surface area contributed by atoms with Crippen molar-refractivity contribution in [2.45, 2.75) is 37.0 Å². The lowest BCUT2D eigenvalue weighted by atomic mass is 9.96. The average Bonchev–Trinajstić information content (AvgIpc) is 2.62. The van der Waals surface area contributed by atoms with Crippen LogP contribution in [0.15, 0.2) is 24.3 Å². The Morgan fingerprint density at radius 3 is 2.29 bits per heavy atom. The minimum Gasteiger partial charge on any atom is -0.369 e. The van der Waals surface area contributed by atoms with Crippen LogP contribution in [0.5, 0.6) is 0 Å². The van der Waals surface area contributed by atoms with E-state index in [0.717, 1.165) is 18.5 Å². The normalized spacial score (nSPS) is 26.5. The van der Waals surface area contributed by atoms with E-state index in [-0.39, 0.29) is 11.9 Å². The third-order valence-corrected chi connectivity index (χ3v) is 7.46. The third-order valence-electron chi connectivity index (χ3n) is 5.04. The van der Waals surface area contributed by atoms with Crippen LogP contribution in [0.2, 0.25) is 0 Å². The van der Waals surface area contributed by atoms with Gasteiger partial charge in [-0.3, -0.25) is 0 Å². The lowest BCUT2D eigenvalue weighted by molar-refractivity contribution is 0.107. The Labute approximate surface area is 142 Å². The van der Waals surface area contributed by atoms with Gasteiger partial charge in [-0.1, -0.05) is 12.8 Å². The molecule has 0 radical (unpaired) electrons. The van der Waals surface area contributed by atoms with Gasteiger partial charge in [-0.15, -0.1) is 0 Å². The number of sulfonamides is 1. The van der Waals surface area contributed by atoms with Gasteiger partial charge in [0.15, 0.2) is 0 Å². The molecule has 6 nitrogen and oxygen atoms in total. The van der Waals surface area contributed by atoms with Crippen molar-refractivity contribution < 1.29 is 18.0 Å². The van der Waals surface area contributed by atoms with Gasteiger partial charge in [-0.2, -0.15) is 4.31 Å². The van der Waals surface area contributed by atoms with Crippen molar-refractivity contribution in [2.24, 2.45) is 0 Å². The van der Waals surface area contributed by atoms with Gasteiger partial charge >= 0.3 is 0 Å². The number of hydroxylamine groups is 1. The quantitative estimate of drug-likeness (QED) is 0.801. The highest BCUT2D eigenvalue weighted by molar-refractivity contribution is 7.89. The first-order valence-electron chi connectivity index (χ1n) is 8.41. The Hall–Kier alpha value is -1.22. The molecule has 8 heteroatoms. The van der Waals surface area contributed by atoms with Crippen molar-refractivity contribution in [1.82, 2.24) is 9.79 Å². The maximum Gasteiger partial charge on any atom is 0.218 e. The molecule has 24 heavy (non-hydrogen) atoms. The molecule has 0 bridgehead atoms. The first-order chi connectivity index (χ1) is 11.5. The Morgan fingerprint density at radius 1 is 1.04 bits per heavy atom. The summed E-state index contributed by atoms with van der Waals surface area (Å²) in [6.07, 6.45) is 3.06. The zero-order chi connectivity index (χ0) is 17.2. The molecule has 1 aliphatic carbocycles. The number of anilines is 1. The second-order valence-corrected chi connectivity index (χ2v) is 8.62. The van der Waals surface area contributed by atoms with Gasteiger partial charge in [0.25, 0.3) is 0 Å². The van der Waals surface area contributed by atoms with E-state index in [1.807, 2.05) is 0 Å².